The Bertz CT molecular complexity index is 1060. The third-order valence-corrected chi connectivity index (χ3v) is 4.69. The predicted octanol–water partition coefficient (Wildman–Crippen LogP) is 3.73. The Morgan fingerprint density at radius 2 is 1.71 bits per heavy atom. The summed E-state index contributed by atoms with van der Waals surface area (Å²) >= 11 is 0. The van der Waals surface area contributed by atoms with Crippen molar-refractivity contribution >= 4 is 16.9 Å². The van der Waals surface area contributed by atoms with Gasteiger partial charge < -0.3 is 9.88 Å². The molecule has 2 aromatic carbocycles. The Labute approximate surface area is 164 Å². The van der Waals surface area contributed by atoms with Crippen molar-refractivity contribution in [2.24, 2.45) is 0 Å². The SMILES string of the molecule is O=C(CCn1c(Cc2ccccc2)nc2ccccc21)NCc1ccccn1. The average Bonchev–Trinajstić information content (AvgIpc) is 3.09. The molecule has 1 amide bonds. The minimum absolute atomic E-state index is 0.00842. The lowest BCUT2D eigenvalue weighted by Crippen LogP contribution is -2.24. The number of amides is 1. The molecule has 0 radical (unpaired) electrons. The summed E-state index contributed by atoms with van der Waals surface area (Å²) < 4.78 is 2.16. The Morgan fingerprint density at radius 3 is 2.54 bits per heavy atom. The number of para-hydroxylation sites is 2. The number of hydrogen-bond acceptors (Lipinski definition) is 3. The van der Waals surface area contributed by atoms with Crippen molar-refractivity contribution in [1.82, 2.24) is 19.9 Å². The van der Waals surface area contributed by atoms with E-state index in [1.807, 2.05) is 54.6 Å². The maximum absolute atomic E-state index is 12.3. The molecule has 2 heterocycles. The molecule has 1 N–H and O–H groups in total. The quantitative estimate of drug-likeness (QED) is 0.539. The molecule has 0 aliphatic heterocycles. The number of imidazole rings is 1. The molecule has 0 saturated carbocycles. The van der Waals surface area contributed by atoms with Gasteiger partial charge in [0.05, 0.1) is 23.3 Å². The van der Waals surface area contributed by atoms with Crippen LogP contribution in [-0.4, -0.2) is 20.4 Å². The van der Waals surface area contributed by atoms with Crippen LogP contribution in [0.5, 0.6) is 0 Å². The Hall–Kier alpha value is -3.47. The van der Waals surface area contributed by atoms with E-state index < -0.39 is 0 Å². The van der Waals surface area contributed by atoms with Gasteiger partial charge in [0.25, 0.3) is 0 Å². The molecule has 0 bridgehead atoms. The highest BCUT2D eigenvalue weighted by atomic mass is 16.1. The Kier molecular flexibility index (Phi) is 5.43. The minimum Gasteiger partial charge on any atom is -0.350 e. The van der Waals surface area contributed by atoms with Crippen LogP contribution in [-0.2, 0) is 24.3 Å². The van der Waals surface area contributed by atoms with E-state index in [0.29, 0.717) is 19.5 Å². The van der Waals surface area contributed by atoms with E-state index in [9.17, 15) is 4.79 Å². The lowest BCUT2D eigenvalue weighted by atomic mass is 10.1. The highest BCUT2D eigenvalue weighted by Gasteiger charge is 2.12. The van der Waals surface area contributed by atoms with Crippen molar-refractivity contribution in [2.75, 3.05) is 0 Å². The molecule has 28 heavy (non-hydrogen) atoms. The van der Waals surface area contributed by atoms with Crippen molar-refractivity contribution < 1.29 is 4.79 Å². The van der Waals surface area contributed by atoms with Gasteiger partial charge >= 0.3 is 0 Å². The number of aryl methyl sites for hydroxylation is 1. The molecule has 5 nitrogen and oxygen atoms in total. The van der Waals surface area contributed by atoms with E-state index >= 15 is 0 Å². The third kappa shape index (κ3) is 4.26. The molecule has 0 aliphatic rings. The fourth-order valence-electron chi connectivity index (χ4n) is 3.28. The zero-order valence-electron chi connectivity index (χ0n) is 15.6. The van der Waals surface area contributed by atoms with Gasteiger partial charge in [0.15, 0.2) is 0 Å². The lowest BCUT2D eigenvalue weighted by molar-refractivity contribution is -0.121. The number of rotatable bonds is 7. The maximum atomic E-state index is 12.3. The number of carbonyl (C=O) groups is 1. The first-order valence-electron chi connectivity index (χ1n) is 9.44. The number of nitrogens with one attached hydrogen (secondary N) is 1. The number of benzene rings is 2. The second kappa shape index (κ2) is 8.48. The normalized spacial score (nSPS) is 10.9. The van der Waals surface area contributed by atoms with Crippen molar-refractivity contribution in [3.63, 3.8) is 0 Å². The molecule has 0 spiro atoms. The zero-order chi connectivity index (χ0) is 19.2. The first-order chi connectivity index (χ1) is 13.8. The molecule has 2 aromatic heterocycles. The minimum atomic E-state index is 0.00842. The smallest absolute Gasteiger partial charge is 0.222 e. The topological polar surface area (TPSA) is 59.8 Å². The molecule has 0 atom stereocenters. The highest BCUT2D eigenvalue weighted by Crippen LogP contribution is 2.19. The molecule has 0 aliphatic carbocycles. The second-order valence-electron chi connectivity index (χ2n) is 6.68. The second-order valence-corrected chi connectivity index (χ2v) is 6.68. The van der Waals surface area contributed by atoms with Gasteiger partial charge in [0, 0.05) is 25.6 Å². The third-order valence-electron chi connectivity index (χ3n) is 4.69. The maximum Gasteiger partial charge on any atom is 0.222 e. The summed E-state index contributed by atoms with van der Waals surface area (Å²) in [5.74, 6) is 0.985. The number of pyridine rings is 1. The van der Waals surface area contributed by atoms with Crippen LogP contribution < -0.4 is 5.32 Å². The van der Waals surface area contributed by atoms with E-state index in [1.165, 1.54) is 5.56 Å². The van der Waals surface area contributed by atoms with E-state index in [1.54, 1.807) is 6.20 Å². The number of carbonyl (C=O) groups excluding carboxylic acids is 1. The van der Waals surface area contributed by atoms with Crippen molar-refractivity contribution in [1.29, 1.82) is 0 Å². The van der Waals surface area contributed by atoms with Crippen LogP contribution in [0.1, 0.15) is 23.5 Å². The van der Waals surface area contributed by atoms with Crippen LogP contribution in [0.25, 0.3) is 11.0 Å². The first-order valence-corrected chi connectivity index (χ1v) is 9.44. The molecule has 4 aromatic rings. The van der Waals surface area contributed by atoms with Crippen LogP contribution in [0.4, 0.5) is 0 Å². The monoisotopic (exact) mass is 370 g/mol. The number of nitrogens with zero attached hydrogens (tertiary/aromatic N) is 3. The predicted molar refractivity (Wildman–Crippen MR) is 110 cm³/mol. The van der Waals surface area contributed by atoms with Crippen LogP contribution in [0.15, 0.2) is 79.0 Å². The summed E-state index contributed by atoms with van der Waals surface area (Å²) in [6, 6.07) is 24.0. The van der Waals surface area contributed by atoms with Crippen LogP contribution in [0.2, 0.25) is 0 Å². The average molecular weight is 370 g/mol. The first kappa shape index (κ1) is 17.9. The Balaban J connectivity index is 1.47. The van der Waals surface area contributed by atoms with Gasteiger partial charge in [0.2, 0.25) is 5.91 Å². The summed E-state index contributed by atoms with van der Waals surface area (Å²) in [6.07, 6.45) is 2.87. The molecule has 0 unspecified atom stereocenters. The molecular weight excluding hydrogens is 348 g/mol. The van der Waals surface area contributed by atoms with Crippen LogP contribution in [0, 0.1) is 0 Å². The lowest BCUT2D eigenvalue weighted by Gasteiger charge is -2.10. The summed E-state index contributed by atoms with van der Waals surface area (Å²) in [7, 11) is 0. The number of hydrogen-bond donors (Lipinski definition) is 1. The van der Waals surface area contributed by atoms with Crippen LogP contribution >= 0.6 is 0 Å². The molecule has 4 rings (SSSR count). The number of fused-ring (bicyclic) bond motifs is 1. The summed E-state index contributed by atoms with van der Waals surface area (Å²) in [5, 5.41) is 2.94. The number of aromatic nitrogens is 3. The zero-order valence-corrected chi connectivity index (χ0v) is 15.6. The fourth-order valence-corrected chi connectivity index (χ4v) is 3.28. The fraction of sp³-hybridized carbons (Fsp3) is 0.174. The largest absolute Gasteiger partial charge is 0.350 e. The van der Waals surface area contributed by atoms with Gasteiger partial charge in [-0.3, -0.25) is 9.78 Å². The Morgan fingerprint density at radius 1 is 0.929 bits per heavy atom. The van der Waals surface area contributed by atoms with Gasteiger partial charge in [-0.15, -0.1) is 0 Å². The molecule has 0 saturated heterocycles. The molecule has 5 heteroatoms. The van der Waals surface area contributed by atoms with Gasteiger partial charge in [-0.2, -0.15) is 0 Å². The van der Waals surface area contributed by atoms with Crippen molar-refractivity contribution in [2.45, 2.75) is 25.9 Å². The van der Waals surface area contributed by atoms with Crippen molar-refractivity contribution in [3.05, 3.63) is 96.1 Å². The summed E-state index contributed by atoms with van der Waals surface area (Å²) in [5.41, 5.74) is 4.08. The van der Waals surface area contributed by atoms with E-state index in [-0.39, 0.29) is 5.91 Å². The van der Waals surface area contributed by atoms with Gasteiger partial charge in [-0.05, 0) is 29.8 Å². The molecular formula is C23H22N4O. The summed E-state index contributed by atoms with van der Waals surface area (Å²) in [6.45, 7) is 1.04. The van der Waals surface area contributed by atoms with E-state index in [0.717, 1.165) is 29.0 Å². The van der Waals surface area contributed by atoms with E-state index in [4.69, 9.17) is 4.98 Å². The van der Waals surface area contributed by atoms with Gasteiger partial charge in [0.1, 0.15) is 5.82 Å². The van der Waals surface area contributed by atoms with Crippen molar-refractivity contribution in [3.8, 4) is 0 Å². The van der Waals surface area contributed by atoms with Gasteiger partial charge in [-0.1, -0.05) is 48.5 Å². The summed E-state index contributed by atoms with van der Waals surface area (Å²) in [4.78, 5) is 21.4. The highest BCUT2D eigenvalue weighted by molar-refractivity contribution is 5.78. The molecule has 0 fully saturated rings. The standard InChI is InChI=1S/C23H22N4O/c28-23(25-17-19-10-6-7-14-24-19)13-15-27-21-12-5-4-11-20(21)26-22(27)16-18-8-2-1-3-9-18/h1-12,14H,13,15-17H2,(H,25,28). The van der Waals surface area contributed by atoms with Crippen LogP contribution in [0.3, 0.4) is 0 Å². The molecule has 140 valence electrons. The van der Waals surface area contributed by atoms with Gasteiger partial charge in [-0.25, -0.2) is 4.98 Å². The van der Waals surface area contributed by atoms with E-state index in [2.05, 4.69) is 33.1 Å².